The summed E-state index contributed by atoms with van der Waals surface area (Å²) in [5, 5.41) is 6.67. The smallest absolute Gasteiger partial charge is 0.339 e. The zero-order valence-electron chi connectivity index (χ0n) is 24.3. The zero-order valence-corrected chi connectivity index (χ0v) is 24.3. The van der Waals surface area contributed by atoms with E-state index in [1.54, 1.807) is 66.9 Å². The summed E-state index contributed by atoms with van der Waals surface area (Å²) in [6.07, 6.45) is -2.14. The van der Waals surface area contributed by atoms with Crippen molar-refractivity contribution >= 4 is 28.4 Å². The Morgan fingerprint density at radius 2 is 1.48 bits per heavy atom. The molecule has 9 heteroatoms. The maximum atomic E-state index is 13.4. The normalized spacial score (nSPS) is 12.0. The molecule has 0 saturated carbocycles. The van der Waals surface area contributed by atoms with Gasteiger partial charge in [-0.05, 0) is 58.7 Å². The number of hydrogen-bond donors (Lipinski definition) is 2. The summed E-state index contributed by atoms with van der Waals surface area (Å²) in [6, 6.07) is 34.5. The summed E-state index contributed by atoms with van der Waals surface area (Å²) >= 11 is 0. The van der Waals surface area contributed by atoms with Crippen LogP contribution in [0.25, 0.3) is 22.0 Å². The lowest BCUT2D eigenvalue weighted by Crippen LogP contribution is -2.30. The number of anilines is 1. The van der Waals surface area contributed by atoms with E-state index in [1.165, 1.54) is 18.3 Å². The summed E-state index contributed by atoms with van der Waals surface area (Å²) in [6.45, 7) is 0. The molecule has 0 aliphatic rings. The third-order valence-electron chi connectivity index (χ3n) is 7.44. The van der Waals surface area contributed by atoms with Gasteiger partial charge in [0.25, 0.3) is 11.8 Å². The summed E-state index contributed by atoms with van der Waals surface area (Å²) in [5.74, 6) is -0.693. The monoisotopic (exact) mass is 616 g/mol. The number of halogens is 3. The molecule has 0 spiro atoms. The summed E-state index contributed by atoms with van der Waals surface area (Å²) in [5.41, 5.74) is 4.77. The van der Waals surface area contributed by atoms with Crippen LogP contribution < -0.4 is 10.6 Å². The highest BCUT2D eigenvalue weighted by molar-refractivity contribution is 6.09. The molecule has 0 aliphatic carbocycles. The van der Waals surface area contributed by atoms with Gasteiger partial charge in [-0.1, -0.05) is 84.9 Å². The van der Waals surface area contributed by atoms with Crippen LogP contribution in [0.15, 0.2) is 134 Å². The number of nitrogens with one attached hydrogen (secondary N) is 2. The third-order valence-corrected chi connectivity index (χ3v) is 7.44. The predicted octanol–water partition coefficient (Wildman–Crippen LogP) is 8.17. The molecule has 2 aromatic heterocycles. The molecular weight excluding hydrogens is 589 g/mol. The molecule has 6 nitrogen and oxygen atoms in total. The molecule has 0 unspecified atom stereocenters. The minimum atomic E-state index is -4.30. The van der Waals surface area contributed by atoms with Crippen molar-refractivity contribution in [3.05, 3.63) is 162 Å². The van der Waals surface area contributed by atoms with Gasteiger partial charge in [0.2, 0.25) is 0 Å². The summed E-state index contributed by atoms with van der Waals surface area (Å²) < 4.78 is 38.3. The fourth-order valence-corrected chi connectivity index (χ4v) is 5.22. The molecule has 2 heterocycles. The van der Waals surface area contributed by atoms with Gasteiger partial charge in [0.15, 0.2) is 0 Å². The topological polar surface area (TPSA) is 84.0 Å². The molecule has 4 aromatic carbocycles. The van der Waals surface area contributed by atoms with Crippen LogP contribution in [0.2, 0.25) is 0 Å². The van der Waals surface area contributed by atoms with Crippen molar-refractivity contribution in [2.75, 3.05) is 5.32 Å². The lowest BCUT2D eigenvalue weighted by molar-refractivity contribution is -0.127. The van der Waals surface area contributed by atoms with Gasteiger partial charge in [0.1, 0.15) is 0 Å². The van der Waals surface area contributed by atoms with E-state index in [1.807, 2.05) is 48.5 Å². The number of fused-ring (bicyclic) bond motifs is 1. The number of carbonyl (C=O) groups excluding carboxylic acids is 2. The van der Waals surface area contributed by atoms with Gasteiger partial charge >= 0.3 is 6.18 Å². The molecule has 6 aromatic rings. The first-order valence-electron chi connectivity index (χ1n) is 14.5. The van der Waals surface area contributed by atoms with Gasteiger partial charge < -0.3 is 10.6 Å². The van der Waals surface area contributed by atoms with Gasteiger partial charge in [-0.2, -0.15) is 13.2 Å². The maximum Gasteiger partial charge on any atom is 0.393 e. The molecule has 46 heavy (non-hydrogen) atoms. The largest absolute Gasteiger partial charge is 0.393 e. The van der Waals surface area contributed by atoms with Gasteiger partial charge in [0, 0.05) is 29.0 Å². The Morgan fingerprint density at radius 3 is 2.22 bits per heavy atom. The molecule has 0 fully saturated rings. The number of benzene rings is 4. The molecule has 2 N–H and O–H groups in total. The van der Waals surface area contributed by atoms with Gasteiger partial charge in [-0.3, -0.25) is 19.6 Å². The Morgan fingerprint density at radius 1 is 0.739 bits per heavy atom. The van der Waals surface area contributed by atoms with E-state index in [0.717, 1.165) is 5.56 Å². The van der Waals surface area contributed by atoms with E-state index in [9.17, 15) is 22.8 Å². The number of aromatic nitrogens is 2. The van der Waals surface area contributed by atoms with Crippen molar-refractivity contribution in [1.82, 2.24) is 15.3 Å². The highest BCUT2D eigenvalue weighted by Gasteiger charge is 2.27. The van der Waals surface area contributed by atoms with Crippen molar-refractivity contribution in [2.24, 2.45) is 0 Å². The lowest BCUT2D eigenvalue weighted by Gasteiger charge is -2.19. The zero-order chi connectivity index (χ0) is 32.1. The van der Waals surface area contributed by atoms with Crippen molar-refractivity contribution in [1.29, 1.82) is 0 Å². The van der Waals surface area contributed by atoms with E-state index >= 15 is 0 Å². The molecule has 228 valence electrons. The predicted molar refractivity (Wildman–Crippen MR) is 171 cm³/mol. The van der Waals surface area contributed by atoms with Crippen LogP contribution in [0.4, 0.5) is 18.9 Å². The van der Waals surface area contributed by atoms with E-state index in [2.05, 4.69) is 20.6 Å². The van der Waals surface area contributed by atoms with Gasteiger partial charge in [-0.15, -0.1) is 0 Å². The van der Waals surface area contributed by atoms with E-state index in [4.69, 9.17) is 0 Å². The Labute approximate surface area is 263 Å². The molecule has 0 saturated heterocycles. The highest BCUT2D eigenvalue weighted by atomic mass is 19.4. The number of nitrogens with zero attached hydrogens (tertiary/aromatic N) is 2. The second-order valence-corrected chi connectivity index (χ2v) is 10.7. The van der Waals surface area contributed by atoms with Crippen LogP contribution in [0.1, 0.15) is 43.6 Å². The number of pyridine rings is 2. The van der Waals surface area contributed by atoms with Crippen LogP contribution in [-0.2, 0) is 6.42 Å². The van der Waals surface area contributed by atoms with Crippen molar-refractivity contribution < 1.29 is 22.8 Å². The Hall–Kier alpha value is -5.83. The molecule has 1 atom stereocenters. The number of carbonyl (C=O) groups is 2. The number of hydrogen-bond acceptors (Lipinski definition) is 4. The van der Waals surface area contributed by atoms with E-state index < -0.39 is 18.6 Å². The Balaban J connectivity index is 1.19. The quantitative estimate of drug-likeness (QED) is 0.181. The van der Waals surface area contributed by atoms with E-state index in [0.29, 0.717) is 44.5 Å². The van der Waals surface area contributed by atoms with Crippen LogP contribution in [0.5, 0.6) is 0 Å². The van der Waals surface area contributed by atoms with Crippen LogP contribution >= 0.6 is 0 Å². The lowest BCUT2D eigenvalue weighted by atomic mass is 9.97. The van der Waals surface area contributed by atoms with Crippen molar-refractivity contribution in [3.63, 3.8) is 0 Å². The first kappa shape index (κ1) is 30.2. The fourth-order valence-electron chi connectivity index (χ4n) is 5.22. The summed E-state index contributed by atoms with van der Waals surface area (Å²) in [4.78, 5) is 35.6. The average Bonchev–Trinajstić information content (AvgIpc) is 3.07. The SMILES string of the molecule is O=C(N[C@@H](c1ccccc1)c1ccccn1)c1cnc2cc(NC(=O)c3ccccc3-c3ccc(CC(F)(F)F)cc3)ccc2c1. The number of rotatable bonds is 8. The Bertz CT molecular complexity index is 1960. The number of amides is 2. The molecule has 0 aliphatic heterocycles. The molecule has 0 bridgehead atoms. The molecule has 0 radical (unpaired) electrons. The average molecular weight is 617 g/mol. The maximum absolute atomic E-state index is 13.4. The van der Waals surface area contributed by atoms with Gasteiger partial charge in [-0.25, -0.2) is 0 Å². The van der Waals surface area contributed by atoms with Crippen LogP contribution in [-0.4, -0.2) is 28.0 Å². The van der Waals surface area contributed by atoms with Crippen molar-refractivity contribution in [3.8, 4) is 11.1 Å². The minimum Gasteiger partial charge on any atom is -0.339 e. The minimum absolute atomic E-state index is 0.145. The first-order valence-corrected chi connectivity index (χ1v) is 14.5. The summed E-state index contributed by atoms with van der Waals surface area (Å²) in [7, 11) is 0. The fraction of sp³-hybridized carbons (Fsp3) is 0.0811. The van der Waals surface area contributed by atoms with Gasteiger partial charge in [0.05, 0.1) is 29.2 Å². The van der Waals surface area contributed by atoms with E-state index in [-0.39, 0.29) is 17.4 Å². The number of alkyl halides is 3. The van der Waals surface area contributed by atoms with Crippen LogP contribution in [0.3, 0.4) is 0 Å². The third kappa shape index (κ3) is 7.10. The molecule has 2 amide bonds. The first-order chi connectivity index (χ1) is 22.2. The second-order valence-electron chi connectivity index (χ2n) is 10.7. The van der Waals surface area contributed by atoms with Crippen molar-refractivity contribution in [2.45, 2.75) is 18.6 Å². The molecule has 6 rings (SSSR count). The highest BCUT2D eigenvalue weighted by Crippen LogP contribution is 2.28. The second kappa shape index (κ2) is 13.0. The standard InChI is InChI=1S/C37H27F3N4O2/c38-37(39,40)22-24-13-15-25(16-14-24)30-10-4-5-11-31(30)36(46)43-29-18-17-27-20-28(23-42-33(27)21-29)35(45)44-34(26-8-2-1-3-9-26)32-12-6-7-19-41-32/h1-21,23,34H,22H2,(H,43,46)(H,44,45)/t34-/m0/s1. The Kier molecular flexibility index (Phi) is 8.56. The molecular formula is C37H27F3N4O2. The van der Waals surface area contributed by atoms with Crippen LogP contribution in [0, 0.1) is 0 Å².